The van der Waals surface area contributed by atoms with Gasteiger partial charge in [-0.15, -0.1) is 0 Å². The quantitative estimate of drug-likeness (QED) is 0.520. The van der Waals surface area contributed by atoms with Crippen molar-refractivity contribution in [2.24, 2.45) is 5.41 Å². The maximum Gasteiger partial charge on any atom is 0.261 e. The monoisotopic (exact) mass is 572 g/mol. The molecule has 12 heteroatoms. The minimum absolute atomic E-state index is 0.0217. The number of carbonyl (C=O) groups excluding carboxylic acids is 4. The van der Waals surface area contributed by atoms with Crippen LogP contribution in [0.2, 0.25) is 0 Å². The molecule has 3 saturated heterocycles. The molecule has 2 amide bonds. The van der Waals surface area contributed by atoms with E-state index in [9.17, 15) is 24.4 Å². The fourth-order valence-electron chi connectivity index (χ4n) is 6.45. The Labute approximate surface area is 236 Å². The number of likely N-dealkylation sites (tertiary alicyclic amines) is 1. The molecule has 5 rings (SSSR count). The number of likely N-dealkylation sites (N-methyl/N-ethyl adjacent to an activating group) is 1. The zero-order valence-electron chi connectivity index (χ0n) is 22.5. The third kappa shape index (κ3) is 4.39. The lowest BCUT2D eigenvalue weighted by molar-refractivity contribution is -0.163. The number of amides is 2. The van der Waals surface area contributed by atoms with E-state index in [0.29, 0.717) is 23.6 Å². The minimum Gasteiger partial charge on any atom is -0.454 e. The summed E-state index contributed by atoms with van der Waals surface area (Å²) < 4.78 is 11.1. The normalized spacial score (nSPS) is 32.2. The average molecular weight is 573 g/mol. The summed E-state index contributed by atoms with van der Waals surface area (Å²) in [6.45, 7) is 6.27. The van der Waals surface area contributed by atoms with Crippen LogP contribution in [-0.2, 0) is 19.2 Å². The van der Waals surface area contributed by atoms with Crippen LogP contribution in [0.1, 0.15) is 58.1 Å². The van der Waals surface area contributed by atoms with Crippen molar-refractivity contribution in [1.82, 2.24) is 14.7 Å². The van der Waals surface area contributed by atoms with Crippen molar-refractivity contribution in [2.45, 2.75) is 62.2 Å². The van der Waals surface area contributed by atoms with Gasteiger partial charge in [0.15, 0.2) is 31.5 Å². The Morgan fingerprint density at radius 3 is 2.36 bits per heavy atom. The van der Waals surface area contributed by atoms with Crippen molar-refractivity contribution in [3.63, 3.8) is 0 Å². The summed E-state index contributed by atoms with van der Waals surface area (Å²) in [4.78, 5) is 55.7. The number of thioether (sulfide) groups is 2. The van der Waals surface area contributed by atoms with E-state index in [2.05, 4.69) is 11.0 Å². The molecule has 10 nitrogen and oxygen atoms in total. The van der Waals surface area contributed by atoms with Gasteiger partial charge in [-0.2, -0.15) is 5.26 Å². The molecule has 0 spiro atoms. The lowest BCUT2D eigenvalue weighted by Crippen LogP contribution is -2.71. The zero-order chi connectivity index (χ0) is 28.2. The second-order valence-electron chi connectivity index (χ2n) is 10.8. The van der Waals surface area contributed by atoms with E-state index >= 15 is 0 Å². The number of carbonyl (C=O) groups is 4. The van der Waals surface area contributed by atoms with E-state index in [4.69, 9.17) is 9.47 Å². The second-order valence-corrected chi connectivity index (χ2v) is 13.8. The van der Waals surface area contributed by atoms with Crippen LogP contribution in [0.15, 0.2) is 18.2 Å². The van der Waals surface area contributed by atoms with Crippen molar-refractivity contribution >= 4 is 45.6 Å². The van der Waals surface area contributed by atoms with E-state index in [1.54, 1.807) is 25.1 Å². The van der Waals surface area contributed by atoms with Crippen LogP contribution in [0.3, 0.4) is 0 Å². The Hall–Kier alpha value is -2.75. The van der Waals surface area contributed by atoms with Crippen LogP contribution in [0.5, 0.6) is 11.5 Å². The first-order chi connectivity index (χ1) is 18.5. The standard InChI is InChI=1S/C27H32N4O6S2/c1-17(32)38-25(3)23(34)31-22(19-8-9-20-21(12-19)37-16-36-20)26(14-28,15-30-10-6-5-7-11-30)13-27(31,39-18(2)33)24(35)29(25)4/h8-9,12,22H,5-7,10-11,13,15-16H2,1-4H3/t22-,25-,26+,27-/m0/s1. The first-order valence-electron chi connectivity index (χ1n) is 13.0. The summed E-state index contributed by atoms with van der Waals surface area (Å²) in [5, 5.41) is 10.3. The van der Waals surface area contributed by atoms with Crippen molar-refractivity contribution < 1.29 is 28.7 Å². The SMILES string of the molecule is CC(=O)S[C@@]1(C)C(=O)N2[C@@H](c3ccc4c(c3)OCO4)[C@](C#N)(CN3CCCCC3)C[C@]2(SC(C)=O)C(=O)N1C. The fourth-order valence-corrected chi connectivity index (χ4v) is 8.73. The maximum atomic E-state index is 14.6. The van der Waals surface area contributed by atoms with Crippen LogP contribution in [-0.4, -0.2) is 80.0 Å². The van der Waals surface area contributed by atoms with Gasteiger partial charge in [-0.05, 0) is 62.3 Å². The molecule has 0 bridgehead atoms. The minimum atomic E-state index is -1.64. The molecule has 1 aromatic rings. The highest BCUT2D eigenvalue weighted by Gasteiger charge is 2.73. The van der Waals surface area contributed by atoms with Gasteiger partial charge in [-0.1, -0.05) is 24.2 Å². The summed E-state index contributed by atoms with van der Waals surface area (Å²) in [6, 6.07) is 6.96. The molecule has 0 N–H and O–H groups in total. The Bertz CT molecular complexity index is 1280. The fraction of sp³-hybridized carbons (Fsp3) is 0.593. The van der Waals surface area contributed by atoms with Crippen molar-refractivity contribution in [2.75, 3.05) is 33.5 Å². The number of ether oxygens (including phenoxy) is 2. The molecule has 4 heterocycles. The number of nitriles is 1. The van der Waals surface area contributed by atoms with Gasteiger partial charge in [0, 0.05) is 33.9 Å². The van der Waals surface area contributed by atoms with Crippen LogP contribution < -0.4 is 9.47 Å². The molecule has 0 unspecified atom stereocenters. The van der Waals surface area contributed by atoms with Gasteiger partial charge in [0.25, 0.3) is 11.8 Å². The summed E-state index contributed by atoms with van der Waals surface area (Å²) in [5.74, 6) is 0.0809. The molecule has 3 fully saturated rings. The van der Waals surface area contributed by atoms with Gasteiger partial charge < -0.3 is 24.2 Å². The van der Waals surface area contributed by atoms with Gasteiger partial charge >= 0.3 is 0 Å². The molecule has 0 aromatic heterocycles. The van der Waals surface area contributed by atoms with E-state index in [1.165, 1.54) is 30.7 Å². The van der Waals surface area contributed by atoms with Crippen molar-refractivity contribution in [1.29, 1.82) is 5.26 Å². The molecule has 1 aromatic carbocycles. The summed E-state index contributed by atoms with van der Waals surface area (Å²) in [7, 11) is 1.49. The molecule has 4 aliphatic heterocycles. The van der Waals surface area contributed by atoms with Gasteiger partial charge in [-0.3, -0.25) is 19.2 Å². The largest absolute Gasteiger partial charge is 0.454 e. The van der Waals surface area contributed by atoms with Crippen LogP contribution in [0.4, 0.5) is 0 Å². The summed E-state index contributed by atoms with van der Waals surface area (Å²) >= 11 is 1.56. The smallest absolute Gasteiger partial charge is 0.261 e. The average Bonchev–Trinajstić information content (AvgIpc) is 3.47. The Kier molecular flexibility index (Phi) is 7.14. The Morgan fingerprint density at radius 2 is 1.72 bits per heavy atom. The van der Waals surface area contributed by atoms with Crippen LogP contribution in [0, 0.1) is 16.7 Å². The highest BCUT2D eigenvalue weighted by atomic mass is 32.2. The number of piperidine rings is 1. The molecule has 0 aliphatic carbocycles. The third-order valence-electron chi connectivity index (χ3n) is 8.16. The first kappa shape index (κ1) is 27.8. The van der Waals surface area contributed by atoms with E-state index in [1.807, 2.05) is 0 Å². The van der Waals surface area contributed by atoms with Crippen molar-refractivity contribution in [3.8, 4) is 17.6 Å². The number of hydrogen-bond donors (Lipinski definition) is 0. The number of rotatable bonds is 5. The van der Waals surface area contributed by atoms with Crippen LogP contribution >= 0.6 is 23.5 Å². The molecule has 0 radical (unpaired) electrons. The molecule has 4 atom stereocenters. The lowest BCUT2D eigenvalue weighted by Gasteiger charge is -2.52. The van der Waals surface area contributed by atoms with Gasteiger partial charge in [-0.25, -0.2) is 0 Å². The predicted octanol–water partition coefficient (Wildman–Crippen LogP) is 3.13. The first-order valence-corrected chi connectivity index (χ1v) is 14.6. The number of hydrogen-bond acceptors (Lipinski definition) is 10. The number of fused-ring (bicyclic) bond motifs is 2. The number of benzene rings is 1. The Morgan fingerprint density at radius 1 is 1.05 bits per heavy atom. The lowest BCUT2D eigenvalue weighted by atomic mass is 9.76. The molecule has 0 saturated carbocycles. The van der Waals surface area contributed by atoms with Gasteiger partial charge in [0.1, 0.15) is 0 Å². The predicted molar refractivity (Wildman–Crippen MR) is 146 cm³/mol. The number of nitrogens with zero attached hydrogens (tertiary/aromatic N) is 4. The highest BCUT2D eigenvalue weighted by Crippen LogP contribution is 2.63. The second kappa shape index (κ2) is 10.0. The maximum absolute atomic E-state index is 14.6. The molecule has 208 valence electrons. The highest BCUT2D eigenvalue weighted by molar-refractivity contribution is 8.16. The van der Waals surface area contributed by atoms with E-state index in [0.717, 1.165) is 55.9 Å². The van der Waals surface area contributed by atoms with Crippen LogP contribution in [0.25, 0.3) is 0 Å². The van der Waals surface area contributed by atoms with Gasteiger partial charge in [0.2, 0.25) is 6.79 Å². The number of piperazine rings is 1. The topological polar surface area (TPSA) is 120 Å². The van der Waals surface area contributed by atoms with Crippen molar-refractivity contribution in [3.05, 3.63) is 23.8 Å². The molecular weight excluding hydrogens is 540 g/mol. The van der Waals surface area contributed by atoms with E-state index < -0.39 is 33.0 Å². The molecular formula is C27H32N4O6S2. The summed E-state index contributed by atoms with van der Waals surface area (Å²) in [6.07, 6.45) is 3.09. The summed E-state index contributed by atoms with van der Waals surface area (Å²) in [5.41, 5.74) is -0.601. The van der Waals surface area contributed by atoms with E-state index in [-0.39, 0.29) is 23.4 Å². The zero-order valence-corrected chi connectivity index (χ0v) is 24.2. The molecule has 39 heavy (non-hydrogen) atoms. The third-order valence-corrected chi connectivity index (χ3v) is 10.4. The van der Waals surface area contributed by atoms with Gasteiger partial charge in [0.05, 0.1) is 17.5 Å². The Balaban J connectivity index is 1.74. The molecule has 4 aliphatic rings.